The Bertz CT molecular complexity index is 129. The molecule has 0 aliphatic rings. The smallest absolute Gasteiger partial charge is 0.314 e. The summed E-state index contributed by atoms with van der Waals surface area (Å²) < 4.78 is 0. The maximum atomic E-state index is 10.6. The van der Waals surface area contributed by atoms with Crippen molar-refractivity contribution in [3.63, 3.8) is 0 Å². The molecule has 4 heteroatoms. The number of nitrogens with one attached hydrogen (secondary N) is 2. The Labute approximate surface area is 67.0 Å². The molecular formula is C7H16N2O2. The topological polar surface area (TPSA) is 61.4 Å². The quantitative estimate of drug-likeness (QED) is 0.547. The Morgan fingerprint density at radius 1 is 1.55 bits per heavy atom. The van der Waals surface area contributed by atoms with Crippen LogP contribution in [0.1, 0.15) is 20.3 Å². The molecule has 0 saturated carbocycles. The van der Waals surface area contributed by atoms with Gasteiger partial charge in [-0.2, -0.15) is 0 Å². The van der Waals surface area contributed by atoms with Crippen LogP contribution in [0, 0.1) is 0 Å². The van der Waals surface area contributed by atoms with E-state index in [-0.39, 0.29) is 6.03 Å². The summed E-state index contributed by atoms with van der Waals surface area (Å²) >= 11 is 0. The third-order valence-corrected chi connectivity index (χ3v) is 1.25. The second-order valence-corrected chi connectivity index (χ2v) is 3.07. The van der Waals surface area contributed by atoms with E-state index in [9.17, 15) is 9.90 Å². The van der Waals surface area contributed by atoms with Crippen molar-refractivity contribution in [3.8, 4) is 0 Å². The van der Waals surface area contributed by atoms with Crippen molar-refractivity contribution in [3.05, 3.63) is 0 Å². The molecule has 11 heavy (non-hydrogen) atoms. The number of carbonyl (C=O) groups excluding carboxylic acids is 1. The van der Waals surface area contributed by atoms with Gasteiger partial charge in [-0.05, 0) is 20.3 Å². The zero-order chi connectivity index (χ0) is 8.91. The number of rotatable bonds is 3. The zero-order valence-corrected chi connectivity index (χ0v) is 7.27. The molecule has 2 amide bonds. The minimum atomic E-state index is -0.707. The van der Waals surface area contributed by atoms with Crippen molar-refractivity contribution in [2.75, 3.05) is 13.6 Å². The highest BCUT2D eigenvalue weighted by Gasteiger charge is 2.11. The Kier molecular flexibility index (Phi) is 3.89. The maximum absolute atomic E-state index is 10.6. The first-order chi connectivity index (χ1) is 4.95. The van der Waals surface area contributed by atoms with E-state index in [1.165, 1.54) is 0 Å². The summed E-state index contributed by atoms with van der Waals surface area (Å²) in [6.07, 6.45) is 0.556. The summed E-state index contributed by atoms with van der Waals surface area (Å²) in [6, 6.07) is -0.214. The van der Waals surface area contributed by atoms with Gasteiger partial charge in [0, 0.05) is 13.6 Å². The molecule has 0 fully saturated rings. The predicted octanol–water partition coefficient (Wildman–Crippen LogP) is 0.0764. The van der Waals surface area contributed by atoms with E-state index in [1.54, 1.807) is 20.9 Å². The lowest BCUT2D eigenvalue weighted by atomic mass is 10.1. The van der Waals surface area contributed by atoms with Gasteiger partial charge in [-0.1, -0.05) is 0 Å². The van der Waals surface area contributed by atoms with E-state index in [4.69, 9.17) is 0 Å². The van der Waals surface area contributed by atoms with Crippen molar-refractivity contribution < 1.29 is 9.90 Å². The number of urea groups is 1. The molecule has 0 aliphatic heterocycles. The van der Waals surface area contributed by atoms with Crippen LogP contribution in [0.25, 0.3) is 0 Å². The fourth-order valence-corrected chi connectivity index (χ4v) is 0.570. The Morgan fingerprint density at radius 3 is 2.45 bits per heavy atom. The fraction of sp³-hybridized carbons (Fsp3) is 0.857. The molecule has 0 aliphatic carbocycles. The first-order valence-corrected chi connectivity index (χ1v) is 3.63. The summed E-state index contributed by atoms with van der Waals surface area (Å²) in [4.78, 5) is 10.6. The lowest BCUT2D eigenvalue weighted by Gasteiger charge is -2.16. The molecule has 0 aromatic rings. The molecule has 0 aromatic carbocycles. The Morgan fingerprint density at radius 2 is 2.09 bits per heavy atom. The van der Waals surface area contributed by atoms with Crippen LogP contribution in [0.2, 0.25) is 0 Å². The molecule has 3 N–H and O–H groups in total. The minimum Gasteiger partial charge on any atom is -0.390 e. The lowest BCUT2D eigenvalue weighted by molar-refractivity contribution is 0.0720. The van der Waals surface area contributed by atoms with Crippen LogP contribution in [0.4, 0.5) is 4.79 Å². The highest BCUT2D eigenvalue weighted by molar-refractivity contribution is 5.73. The first kappa shape index (κ1) is 10.2. The molecule has 0 rings (SSSR count). The van der Waals surface area contributed by atoms with Crippen LogP contribution in [0.3, 0.4) is 0 Å². The van der Waals surface area contributed by atoms with Crippen LogP contribution in [-0.4, -0.2) is 30.3 Å². The second kappa shape index (κ2) is 4.18. The van der Waals surface area contributed by atoms with Gasteiger partial charge in [0.1, 0.15) is 0 Å². The van der Waals surface area contributed by atoms with E-state index in [0.29, 0.717) is 13.0 Å². The van der Waals surface area contributed by atoms with E-state index >= 15 is 0 Å². The number of aliphatic hydroxyl groups is 1. The molecule has 0 unspecified atom stereocenters. The number of hydrogen-bond donors (Lipinski definition) is 3. The third-order valence-electron chi connectivity index (χ3n) is 1.25. The van der Waals surface area contributed by atoms with Crippen LogP contribution >= 0.6 is 0 Å². The number of hydrogen-bond acceptors (Lipinski definition) is 2. The molecule has 0 heterocycles. The van der Waals surface area contributed by atoms with Crippen LogP contribution < -0.4 is 10.6 Å². The van der Waals surface area contributed by atoms with Crippen molar-refractivity contribution >= 4 is 6.03 Å². The van der Waals surface area contributed by atoms with Gasteiger partial charge in [0.25, 0.3) is 0 Å². The highest BCUT2D eigenvalue weighted by Crippen LogP contribution is 2.04. The molecule has 0 saturated heterocycles. The SMILES string of the molecule is CNC(=O)NCCC(C)(C)O. The minimum absolute atomic E-state index is 0.214. The van der Waals surface area contributed by atoms with Crippen molar-refractivity contribution in [1.29, 1.82) is 0 Å². The van der Waals surface area contributed by atoms with E-state index < -0.39 is 5.60 Å². The highest BCUT2D eigenvalue weighted by atomic mass is 16.3. The zero-order valence-electron chi connectivity index (χ0n) is 7.27. The monoisotopic (exact) mass is 160 g/mol. The van der Waals surface area contributed by atoms with Gasteiger partial charge in [0.05, 0.1) is 5.60 Å². The Hall–Kier alpha value is -0.770. The summed E-state index contributed by atoms with van der Waals surface area (Å²) in [6.45, 7) is 3.90. The second-order valence-electron chi connectivity index (χ2n) is 3.07. The molecular weight excluding hydrogens is 144 g/mol. The van der Waals surface area contributed by atoms with Gasteiger partial charge in [0.2, 0.25) is 0 Å². The molecule has 0 spiro atoms. The molecule has 0 atom stereocenters. The average molecular weight is 160 g/mol. The summed E-state index contributed by atoms with van der Waals surface area (Å²) in [7, 11) is 1.55. The molecule has 0 aromatic heterocycles. The number of amides is 2. The van der Waals surface area contributed by atoms with Gasteiger partial charge in [-0.15, -0.1) is 0 Å². The summed E-state index contributed by atoms with van der Waals surface area (Å²) in [5.41, 5.74) is -0.707. The lowest BCUT2D eigenvalue weighted by Crippen LogP contribution is -2.36. The summed E-state index contributed by atoms with van der Waals surface area (Å²) in [5.74, 6) is 0. The van der Waals surface area contributed by atoms with E-state index in [1.807, 2.05) is 0 Å². The van der Waals surface area contributed by atoms with Crippen LogP contribution in [-0.2, 0) is 0 Å². The van der Waals surface area contributed by atoms with Gasteiger partial charge < -0.3 is 15.7 Å². The molecule has 0 bridgehead atoms. The summed E-state index contributed by atoms with van der Waals surface area (Å²) in [5, 5.41) is 14.2. The van der Waals surface area contributed by atoms with Crippen molar-refractivity contribution in [2.24, 2.45) is 0 Å². The molecule has 66 valence electrons. The van der Waals surface area contributed by atoms with E-state index in [0.717, 1.165) is 0 Å². The van der Waals surface area contributed by atoms with Crippen molar-refractivity contribution in [2.45, 2.75) is 25.9 Å². The largest absolute Gasteiger partial charge is 0.390 e. The maximum Gasteiger partial charge on any atom is 0.314 e. The fourth-order valence-electron chi connectivity index (χ4n) is 0.570. The molecule has 0 radical (unpaired) electrons. The molecule has 4 nitrogen and oxygen atoms in total. The number of carbonyl (C=O) groups is 1. The van der Waals surface area contributed by atoms with Gasteiger partial charge in [0.15, 0.2) is 0 Å². The van der Waals surface area contributed by atoms with Crippen LogP contribution in [0.15, 0.2) is 0 Å². The predicted molar refractivity (Wildman–Crippen MR) is 43.4 cm³/mol. The Balaban J connectivity index is 3.35. The van der Waals surface area contributed by atoms with Gasteiger partial charge >= 0.3 is 6.03 Å². The first-order valence-electron chi connectivity index (χ1n) is 3.63. The van der Waals surface area contributed by atoms with Gasteiger partial charge in [-0.25, -0.2) is 4.79 Å². The standard InChI is InChI=1S/C7H16N2O2/c1-7(2,11)4-5-9-6(10)8-3/h11H,4-5H2,1-3H3,(H2,8,9,10). The third kappa shape index (κ3) is 7.12. The van der Waals surface area contributed by atoms with E-state index in [2.05, 4.69) is 10.6 Å². The normalized spacial score (nSPS) is 10.9. The average Bonchev–Trinajstić information content (AvgIpc) is 1.85. The van der Waals surface area contributed by atoms with Crippen molar-refractivity contribution in [1.82, 2.24) is 10.6 Å². The van der Waals surface area contributed by atoms with Gasteiger partial charge in [-0.3, -0.25) is 0 Å². The van der Waals surface area contributed by atoms with Crippen LogP contribution in [0.5, 0.6) is 0 Å².